The van der Waals surface area contributed by atoms with Crippen LogP contribution in [0.15, 0.2) is 42.5 Å². The summed E-state index contributed by atoms with van der Waals surface area (Å²) in [4.78, 5) is 12.0. The molecule has 0 radical (unpaired) electrons. The van der Waals surface area contributed by atoms with Crippen LogP contribution in [0, 0.1) is 0 Å². The number of para-hydroxylation sites is 3. The molecule has 0 aliphatic carbocycles. The van der Waals surface area contributed by atoms with Gasteiger partial charge >= 0.3 is 6.03 Å². The van der Waals surface area contributed by atoms with E-state index in [1.165, 1.54) is 20.3 Å². The fourth-order valence-electron chi connectivity index (χ4n) is 1.82. The lowest BCUT2D eigenvalue weighted by molar-refractivity contribution is 0.261. The van der Waals surface area contributed by atoms with Gasteiger partial charge < -0.3 is 25.2 Å². The fraction of sp³-hybridized carbons (Fsp3) is 0.133. The number of phenols is 1. The van der Waals surface area contributed by atoms with Gasteiger partial charge in [0.25, 0.3) is 0 Å². The highest BCUT2D eigenvalue weighted by molar-refractivity contribution is 6.02. The third-order valence-electron chi connectivity index (χ3n) is 2.82. The summed E-state index contributed by atoms with van der Waals surface area (Å²) in [6.07, 6.45) is 0. The molecular weight excluding hydrogens is 272 g/mol. The number of amides is 2. The Bertz CT molecular complexity index is 621. The maximum Gasteiger partial charge on any atom is 0.323 e. The van der Waals surface area contributed by atoms with Crippen LogP contribution in [0.1, 0.15) is 0 Å². The molecular formula is C15H16N2O4. The van der Waals surface area contributed by atoms with E-state index in [9.17, 15) is 9.90 Å². The van der Waals surface area contributed by atoms with Crippen molar-refractivity contribution >= 4 is 17.4 Å². The zero-order valence-electron chi connectivity index (χ0n) is 11.7. The SMILES string of the molecule is COc1cccc(OC)c1NC(=O)Nc1ccccc1O. The van der Waals surface area contributed by atoms with Crippen LogP contribution in [0.4, 0.5) is 16.2 Å². The molecule has 0 bridgehead atoms. The Morgan fingerprint density at radius 2 is 1.57 bits per heavy atom. The molecule has 0 fully saturated rings. The lowest BCUT2D eigenvalue weighted by Gasteiger charge is -2.14. The maximum atomic E-state index is 12.0. The molecule has 2 aromatic carbocycles. The van der Waals surface area contributed by atoms with Gasteiger partial charge in [-0.05, 0) is 24.3 Å². The van der Waals surface area contributed by atoms with E-state index in [2.05, 4.69) is 10.6 Å². The van der Waals surface area contributed by atoms with Crippen molar-refractivity contribution in [2.45, 2.75) is 0 Å². The van der Waals surface area contributed by atoms with Crippen molar-refractivity contribution in [3.05, 3.63) is 42.5 Å². The molecule has 0 atom stereocenters. The second-order valence-corrected chi connectivity index (χ2v) is 4.13. The minimum Gasteiger partial charge on any atom is -0.506 e. The largest absolute Gasteiger partial charge is 0.506 e. The van der Waals surface area contributed by atoms with Crippen LogP contribution in [0.3, 0.4) is 0 Å². The summed E-state index contributed by atoms with van der Waals surface area (Å²) in [5.74, 6) is 0.934. The number of hydrogen-bond donors (Lipinski definition) is 3. The predicted molar refractivity (Wildman–Crippen MR) is 80.3 cm³/mol. The highest BCUT2D eigenvalue weighted by Gasteiger charge is 2.13. The first-order valence-corrected chi connectivity index (χ1v) is 6.22. The average Bonchev–Trinajstić information content (AvgIpc) is 2.49. The van der Waals surface area contributed by atoms with E-state index in [0.717, 1.165) is 0 Å². The van der Waals surface area contributed by atoms with Gasteiger partial charge in [0.05, 0.1) is 19.9 Å². The smallest absolute Gasteiger partial charge is 0.323 e. The Morgan fingerprint density at radius 3 is 2.14 bits per heavy atom. The molecule has 0 aliphatic rings. The van der Waals surface area contributed by atoms with E-state index in [-0.39, 0.29) is 5.75 Å². The average molecular weight is 288 g/mol. The van der Waals surface area contributed by atoms with Gasteiger partial charge in [0.15, 0.2) is 0 Å². The van der Waals surface area contributed by atoms with Crippen molar-refractivity contribution < 1.29 is 19.4 Å². The number of aromatic hydroxyl groups is 1. The summed E-state index contributed by atoms with van der Waals surface area (Å²) in [6.45, 7) is 0. The first-order chi connectivity index (χ1) is 10.2. The van der Waals surface area contributed by atoms with E-state index < -0.39 is 6.03 Å². The van der Waals surface area contributed by atoms with Crippen LogP contribution in [0.25, 0.3) is 0 Å². The molecule has 0 saturated heterocycles. The Balaban J connectivity index is 2.18. The van der Waals surface area contributed by atoms with E-state index in [1.54, 1.807) is 36.4 Å². The van der Waals surface area contributed by atoms with Crippen molar-refractivity contribution in [3.8, 4) is 17.2 Å². The summed E-state index contributed by atoms with van der Waals surface area (Å²) in [5, 5.41) is 14.8. The molecule has 0 aromatic heterocycles. The van der Waals surface area contributed by atoms with Crippen molar-refractivity contribution in [2.75, 3.05) is 24.9 Å². The number of phenolic OH excluding ortho intramolecular Hbond substituents is 1. The normalized spacial score (nSPS) is 9.81. The zero-order valence-corrected chi connectivity index (χ0v) is 11.7. The van der Waals surface area contributed by atoms with E-state index in [1.807, 2.05) is 0 Å². The number of nitrogens with one attached hydrogen (secondary N) is 2. The van der Waals surface area contributed by atoms with Gasteiger partial charge in [0, 0.05) is 0 Å². The molecule has 6 heteroatoms. The van der Waals surface area contributed by atoms with Crippen molar-refractivity contribution in [2.24, 2.45) is 0 Å². The van der Waals surface area contributed by atoms with Gasteiger partial charge in [0.1, 0.15) is 22.9 Å². The van der Waals surface area contributed by atoms with Gasteiger partial charge in [-0.15, -0.1) is 0 Å². The monoisotopic (exact) mass is 288 g/mol. The van der Waals surface area contributed by atoms with E-state index in [0.29, 0.717) is 22.9 Å². The third-order valence-corrected chi connectivity index (χ3v) is 2.82. The number of carbonyl (C=O) groups is 1. The second kappa shape index (κ2) is 6.51. The minimum absolute atomic E-state index is 0.0142. The molecule has 2 rings (SSSR count). The van der Waals surface area contributed by atoms with Crippen molar-refractivity contribution in [3.63, 3.8) is 0 Å². The van der Waals surface area contributed by atoms with Crippen LogP contribution in [0.5, 0.6) is 17.2 Å². The van der Waals surface area contributed by atoms with Gasteiger partial charge in [0.2, 0.25) is 0 Å². The van der Waals surface area contributed by atoms with Crippen LogP contribution in [0.2, 0.25) is 0 Å². The molecule has 3 N–H and O–H groups in total. The van der Waals surface area contributed by atoms with Crippen molar-refractivity contribution in [1.82, 2.24) is 0 Å². The molecule has 0 unspecified atom stereocenters. The molecule has 0 aliphatic heterocycles. The Hall–Kier alpha value is -2.89. The van der Waals surface area contributed by atoms with Crippen LogP contribution in [-0.4, -0.2) is 25.4 Å². The van der Waals surface area contributed by atoms with Gasteiger partial charge in [-0.2, -0.15) is 0 Å². The third kappa shape index (κ3) is 3.36. The lowest BCUT2D eigenvalue weighted by Crippen LogP contribution is -2.20. The number of benzene rings is 2. The summed E-state index contributed by atoms with van der Waals surface area (Å²) in [7, 11) is 3.00. The van der Waals surface area contributed by atoms with Crippen LogP contribution < -0.4 is 20.1 Å². The molecule has 21 heavy (non-hydrogen) atoms. The molecule has 2 aromatic rings. The molecule has 0 spiro atoms. The number of urea groups is 1. The molecule has 0 heterocycles. The van der Waals surface area contributed by atoms with E-state index in [4.69, 9.17) is 9.47 Å². The van der Waals surface area contributed by atoms with E-state index >= 15 is 0 Å². The first kappa shape index (κ1) is 14.5. The molecule has 110 valence electrons. The summed E-state index contributed by atoms with van der Waals surface area (Å²) < 4.78 is 10.4. The quantitative estimate of drug-likeness (QED) is 0.755. The number of carbonyl (C=O) groups excluding carboxylic acids is 1. The fourth-order valence-corrected chi connectivity index (χ4v) is 1.82. The maximum absolute atomic E-state index is 12.0. The summed E-state index contributed by atoms with van der Waals surface area (Å²) in [5.41, 5.74) is 0.722. The summed E-state index contributed by atoms with van der Waals surface area (Å²) >= 11 is 0. The number of rotatable bonds is 4. The Morgan fingerprint density at radius 1 is 0.952 bits per heavy atom. The van der Waals surface area contributed by atoms with Gasteiger partial charge in [-0.1, -0.05) is 18.2 Å². The highest BCUT2D eigenvalue weighted by atomic mass is 16.5. The number of methoxy groups -OCH3 is 2. The van der Waals surface area contributed by atoms with Gasteiger partial charge in [-0.25, -0.2) is 4.79 Å². The first-order valence-electron chi connectivity index (χ1n) is 6.22. The Labute approximate surface area is 122 Å². The standard InChI is InChI=1S/C15H16N2O4/c1-20-12-8-5-9-13(21-2)14(12)17-15(19)16-10-6-3-4-7-11(10)18/h3-9,18H,1-2H3,(H2,16,17,19). The molecule has 6 nitrogen and oxygen atoms in total. The van der Waals surface area contributed by atoms with Crippen molar-refractivity contribution in [1.29, 1.82) is 0 Å². The minimum atomic E-state index is -0.515. The lowest BCUT2D eigenvalue weighted by atomic mass is 10.2. The van der Waals surface area contributed by atoms with Crippen LogP contribution in [-0.2, 0) is 0 Å². The summed E-state index contributed by atoms with van der Waals surface area (Å²) in [6, 6.07) is 11.1. The predicted octanol–water partition coefficient (Wildman–Crippen LogP) is 3.05. The Kier molecular flexibility index (Phi) is 4.50. The molecule has 2 amide bonds. The highest BCUT2D eigenvalue weighted by Crippen LogP contribution is 2.34. The van der Waals surface area contributed by atoms with Gasteiger partial charge in [-0.3, -0.25) is 0 Å². The zero-order chi connectivity index (χ0) is 15.2. The second-order valence-electron chi connectivity index (χ2n) is 4.13. The number of hydrogen-bond acceptors (Lipinski definition) is 4. The molecule has 0 saturated carbocycles. The number of anilines is 2. The number of ether oxygens (including phenoxy) is 2. The van der Waals surface area contributed by atoms with Crippen LogP contribution >= 0.6 is 0 Å². The topological polar surface area (TPSA) is 79.8 Å².